The van der Waals surface area contributed by atoms with Crippen LogP contribution in [0.25, 0.3) is 11.4 Å². The van der Waals surface area contributed by atoms with Crippen LogP contribution in [0.4, 0.5) is 0 Å². The molecule has 0 bridgehead atoms. The van der Waals surface area contributed by atoms with E-state index in [0.717, 1.165) is 18.4 Å². The van der Waals surface area contributed by atoms with E-state index in [9.17, 15) is 4.79 Å². The summed E-state index contributed by atoms with van der Waals surface area (Å²) in [7, 11) is 1.62. The largest absolute Gasteiger partial charge is 0.383 e. The van der Waals surface area contributed by atoms with Gasteiger partial charge in [-0.1, -0.05) is 0 Å². The van der Waals surface area contributed by atoms with Crippen molar-refractivity contribution in [2.75, 3.05) is 13.7 Å². The maximum absolute atomic E-state index is 12.3. The van der Waals surface area contributed by atoms with E-state index in [-0.39, 0.29) is 5.69 Å². The fraction of sp³-hybridized carbons (Fsp3) is 0.462. The zero-order chi connectivity index (χ0) is 13.2. The summed E-state index contributed by atoms with van der Waals surface area (Å²) in [5, 5.41) is 4.43. The Bertz CT molecular complexity index is 613. The summed E-state index contributed by atoms with van der Waals surface area (Å²) in [6.07, 6.45) is 5.54. The van der Waals surface area contributed by atoms with Crippen LogP contribution in [0.15, 0.2) is 29.3 Å². The molecule has 1 aliphatic carbocycles. The molecule has 0 unspecified atom stereocenters. The molecule has 0 amide bonds. The monoisotopic (exact) mass is 260 g/mol. The molecule has 2 aromatic heterocycles. The van der Waals surface area contributed by atoms with Gasteiger partial charge in [-0.05, 0) is 25.0 Å². The van der Waals surface area contributed by atoms with Crippen molar-refractivity contribution >= 4 is 0 Å². The number of ether oxygens (including phenoxy) is 1. The van der Waals surface area contributed by atoms with E-state index in [1.54, 1.807) is 24.1 Å². The van der Waals surface area contributed by atoms with E-state index in [0.29, 0.717) is 25.0 Å². The summed E-state index contributed by atoms with van der Waals surface area (Å²) in [5.74, 6) is 0.705. The lowest BCUT2D eigenvalue weighted by Gasteiger charge is -2.02. The van der Waals surface area contributed by atoms with Crippen LogP contribution in [0.3, 0.4) is 0 Å². The summed E-state index contributed by atoms with van der Waals surface area (Å²) in [5.41, 5.74) is 0.820. The Labute approximate surface area is 110 Å². The van der Waals surface area contributed by atoms with E-state index >= 15 is 0 Å². The first-order valence-corrected chi connectivity index (χ1v) is 6.40. The van der Waals surface area contributed by atoms with E-state index < -0.39 is 0 Å². The van der Waals surface area contributed by atoms with Gasteiger partial charge < -0.3 is 4.74 Å². The van der Waals surface area contributed by atoms with E-state index in [2.05, 4.69) is 10.1 Å². The Morgan fingerprint density at radius 1 is 1.47 bits per heavy atom. The number of hydrogen-bond donors (Lipinski definition) is 0. The minimum Gasteiger partial charge on any atom is -0.383 e. The van der Waals surface area contributed by atoms with Crippen LogP contribution in [-0.2, 0) is 11.3 Å². The maximum atomic E-state index is 12.3. The number of methoxy groups -OCH3 is 1. The second-order valence-corrected chi connectivity index (χ2v) is 4.66. The van der Waals surface area contributed by atoms with Gasteiger partial charge in [-0.3, -0.25) is 9.55 Å². The van der Waals surface area contributed by atoms with E-state index in [1.165, 1.54) is 4.68 Å². The van der Waals surface area contributed by atoms with Gasteiger partial charge in [0.25, 0.3) is 0 Å². The van der Waals surface area contributed by atoms with Gasteiger partial charge in [-0.25, -0.2) is 9.48 Å². The molecule has 2 heterocycles. The predicted octanol–water partition coefficient (Wildman–Crippen LogP) is 1.09. The SMILES string of the molecule is COCCn1nc(-c2cccnc2)n(C2CC2)c1=O. The summed E-state index contributed by atoms with van der Waals surface area (Å²) in [6.45, 7) is 0.955. The normalized spacial score (nSPS) is 14.8. The van der Waals surface area contributed by atoms with Crippen molar-refractivity contribution < 1.29 is 4.74 Å². The molecule has 2 aromatic rings. The minimum absolute atomic E-state index is 0.0570. The fourth-order valence-corrected chi connectivity index (χ4v) is 2.10. The van der Waals surface area contributed by atoms with Crippen LogP contribution in [-0.4, -0.2) is 33.0 Å². The Balaban J connectivity index is 2.05. The molecule has 1 fully saturated rings. The lowest BCUT2D eigenvalue weighted by atomic mass is 10.3. The lowest BCUT2D eigenvalue weighted by molar-refractivity contribution is 0.182. The smallest absolute Gasteiger partial charge is 0.346 e. The van der Waals surface area contributed by atoms with E-state index in [1.807, 2.05) is 12.1 Å². The highest BCUT2D eigenvalue weighted by atomic mass is 16.5. The number of pyridine rings is 1. The molecule has 100 valence electrons. The molecule has 0 saturated heterocycles. The third-order valence-electron chi connectivity index (χ3n) is 3.21. The van der Waals surface area contributed by atoms with Gasteiger partial charge in [0.05, 0.1) is 13.2 Å². The maximum Gasteiger partial charge on any atom is 0.346 e. The van der Waals surface area contributed by atoms with Crippen LogP contribution in [0.2, 0.25) is 0 Å². The van der Waals surface area contributed by atoms with Crippen LogP contribution in [0.5, 0.6) is 0 Å². The zero-order valence-electron chi connectivity index (χ0n) is 10.8. The number of rotatable bonds is 5. The predicted molar refractivity (Wildman–Crippen MR) is 69.9 cm³/mol. The van der Waals surface area contributed by atoms with Crippen molar-refractivity contribution in [2.45, 2.75) is 25.4 Å². The van der Waals surface area contributed by atoms with Gasteiger partial charge in [0.1, 0.15) is 0 Å². The standard InChI is InChI=1S/C13H16N4O2/c1-19-8-7-16-13(18)17(11-4-5-11)12(15-16)10-3-2-6-14-9-10/h2-3,6,9,11H,4-5,7-8H2,1H3. The number of hydrogen-bond acceptors (Lipinski definition) is 4. The Morgan fingerprint density at radius 3 is 2.95 bits per heavy atom. The van der Waals surface area contributed by atoms with Crippen LogP contribution < -0.4 is 5.69 Å². The molecule has 6 nitrogen and oxygen atoms in total. The molecule has 0 aromatic carbocycles. The first-order chi connectivity index (χ1) is 9.31. The van der Waals surface area contributed by atoms with Crippen molar-refractivity contribution in [3.8, 4) is 11.4 Å². The molecule has 0 atom stereocenters. The molecule has 6 heteroatoms. The molecule has 1 saturated carbocycles. The second-order valence-electron chi connectivity index (χ2n) is 4.66. The molecular weight excluding hydrogens is 244 g/mol. The lowest BCUT2D eigenvalue weighted by Crippen LogP contribution is -2.26. The third-order valence-corrected chi connectivity index (χ3v) is 3.21. The van der Waals surface area contributed by atoms with Gasteiger partial charge >= 0.3 is 5.69 Å². The highest BCUT2D eigenvalue weighted by molar-refractivity contribution is 5.53. The Kier molecular flexibility index (Phi) is 3.16. The molecule has 0 radical (unpaired) electrons. The van der Waals surface area contributed by atoms with Gasteiger partial charge in [-0.15, -0.1) is 5.10 Å². The highest BCUT2D eigenvalue weighted by Gasteiger charge is 2.30. The van der Waals surface area contributed by atoms with Gasteiger partial charge in [0.2, 0.25) is 0 Å². The van der Waals surface area contributed by atoms with Gasteiger partial charge in [0, 0.05) is 31.1 Å². The average Bonchev–Trinajstić information content (AvgIpc) is 3.22. The first kappa shape index (κ1) is 12.1. The number of nitrogens with zero attached hydrogens (tertiary/aromatic N) is 4. The van der Waals surface area contributed by atoms with E-state index in [4.69, 9.17) is 4.74 Å². The first-order valence-electron chi connectivity index (χ1n) is 6.40. The quantitative estimate of drug-likeness (QED) is 0.807. The van der Waals surface area contributed by atoms with Crippen LogP contribution in [0.1, 0.15) is 18.9 Å². The van der Waals surface area contributed by atoms with Gasteiger partial charge in [0.15, 0.2) is 5.82 Å². The van der Waals surface area contributed by atoms with Crippen LogP contribution in [0, 0.1) is 0 Å². The Hall–Kier alpha value is -1.95. The van der Waals surface area contributed by atoms with Crippen molar-refractivity contribution in [1.82, 2.24) is 19.3 Å². The molecule has 0 aliphatic heterocycles. The van der Waals surface area contributed by atoms with Crippen molar-refractivity contribution in [3.05, 3.63) is 35.0 Å². The summed E-state index contributed by atoms with van der Waals surface area (Å²) in [6, 6.07) is 4.07. The summed E-state index contributed by atoms with van der Waals surface area (Å²) in [4.78, 5) is 16.4. The Morgan fingerprint density at radius 2 is 2.32 bits per heavy atom. The zero-order valence-corrected chi connectivity index (χ0v) is 10.8. The molecule has 1 aliphatic rings. The molecule has 0 spiro atoms. The topological polar surface area (TPSA) is 61.9 Å². The van der Waals surface area contributed by atoms with Crippen molar-refractivity contribution in [3.63, 3.8) is 0 Å². The minimum atomic E-state index is -0.0570. The third kappa shape index (κ3) is 2.31. The fourth-order valence-electron chi connectivity index (χ4n) is 2.10. The molecular formula is C13H16N4O2. The molecule has 0 N–H and O–H groups in total. The average molecular weight is 260 g/mol. The van der Waals surface area contributed by atoms with Gasteiger partial charge in [-0.2, -0.15) is 0 Å². The van der Waals surface area contributed by atoms with Crippen molar-refractivity contribution in [1.29, 1.82) is 0 Å². The number of aromatic nitrogens is 4. The van der Waals surface area contributed by atoms with Crippen molar-refractivity contribution in [2.24, 2.45) is 0 Å². The van der Waals surface area contributed by atoms with Crippen LogP contribution >= 0.6 is 0 Å². The summed E-state index contributed by atoms with van der Waals surface area (Å²) >= 11 is 0. The highest BCUT2D eigenvalue weighted by Crippen LogP contribution is 2.36. The molecule has 19 heavy (non-hydrogen) atoms. The summed E-state index contributed by atoms with van der Waals surface area (Å²) < 4.78 is 8.27. The second kappa shape index (κ2) is 4.97. The molecule has 3 rings (SSSR count).